The number of nitrogens with one attached hydrogen (secondary N) is 2. The van der Waals surface area contributed by atoms with Crippen LogP contribution in [0.5, 0.6) is 0 Å². The zero-order valence-electron chi connectivity index (χ0n) is 14.1. The molecule has 5 nitrogen and oxygen atoms in total. The van der Waals surface area contributed by atoms with E-state index in [4.69, 9.17) is 23.2 Å². The molecule has 0 heterocycles. The Hall–Kier alpha value is -2.06. The second kappa shape index (κ2) is 8.53. The molecule has 1 amide bonds. The van der Waals surface area contributed by atoms with Crippen molar-refractivity contribution in [1.29, 1.82) is 0 Å². The van der Waals surface area contributed by atoms with E-state index in [-0.39, 0.29) is 21.2 Å². The third-order valence-electron chi connectivity index (χ3n) is 3.69. The SMILES string of the molecule is O=C(Nc1ccc(Br)c(Cl)c1)c1cc(NS(=O)(=O)c2ccccc2)ccc1Cl. The highest BCUT2D eigenvalue weighted by molar-refractivity contribution is 9.10. The van der Waals surface area contributed by atoms with Gasteiger partial charge in [-0.1, -0.05) is 41.4 Å². The predicted molar refractivity (Wildman–Crippen MR) is 116 cm³/mol. The molecular formula is C19H13BrCl2N2O3S. The molecule has 144 valence electrons. The largest absolute Gasteiger partial charge is 0.322 e. The van der Waals surface area contributed by atoms with Gasteiger partial charge in [0.1, 0.15) is 0 Å². The summed E-state index contributed by atoms with van der Waals surface area (Å²) in [5, 5.41) is 3.30. The van der Waals surface area contributed by atoms with Gasteiger partial charge >= 0.3 is 0 Å². The van der Waals surface area contributed by atoms with E-state index in [0.29, 0.717) is 15.2 Å². The normalized spacial score (nSPS) is 11.1. The Morgan fingerprint density at radius 1 is 0.857 bits per heavy atom. The molecule has 0 unspecified atom stereocenters. The van der Waals surface area contributed by atoms with E-state index in [9.17, 15) is 13.2 Å². The summed E-state index contributed by atoms with van der Waals surface area (Å²) in [4.78, 5) is 12.7. The number of benzene rings is 3. The van der Waals surface area contributed by atoms with Crippen LogP contribution in [0, 0.1) is 0 Å². The average Bonchev–Trinajstić information content (AvgIpc) is 2.67. The molecule has 0 aromatic heterocycles. The Morgan fingerprint density at radius 3 is 2.21 bits per heavy atom. The van der Waals surface area contributed by atoms with E-state index in [2.05, 4.69) is 26.0 Å². The maximum absolute atomic E-state index is 12.6. The van der Waals surface area contributed by atoms with Crippen LogP contribution in [0.15, 0.2) is 76.1 Å². The molecule has 0 saturated heterocycles. The molecule has 2 N–H and O–H groups in total. The Balaban J connectivity index is 1.85. The van der Waals surface area contributed by atoms with Crippen LogP contribution < -0.4 is 10.0 Å². The molecule has 28 heavy (non-hydrogen) atoms. The van der Waals surface area contributed by atoms with Gasteiger partial charge in [-0.05, 0) is 64.5 Å². The second-order valence-corrected chi connectivity index (χ2v) is 9.05. The molecule has 0 aliphatic rings. The number of carbonyl (C=O) groups excluding carboxylic acids is 1. The van der Waals surface area contributed by atoms with Crippen LogP contribution in [0.4, 0.5) is 11.4 Å². The first-order chi connectivity index (χ1) is 13.3. The fraction of sp³-hybridized carbons (Fsp3) is 0. The van der Waals surface area contributed by atoms with Crippen LogP contribution in [0.1, 0.15) is 10.4 Å². The fourth-order valence-corrected chi connectivity index (χ4v) is 4.05. The van der Waals surface area contributed by atoms with Gasteiger partial charge in [0.25, 0.3) is 15.9 Å². The standard InChI is InChI=1S/C19H13BrCl2N2O3S/c20-16-8-6-12(11-18(16)22)23-19(25)15-10-13(7-9-17(15)21)24-28(26,27)14-4-2-1-3-5-14/h1-11,24H,(H,23,25). The number of hydrogen-bond acceptors (Lipinski definition) is 3. The number of sulfonamides is 1. The van der Waals surface area contributed by atoms with E-state index in [1.807, 2.05) is 0 Å². The summed E-state index contributed by atoms with van der Waals surface area (Å²) in [6, 6.07) is 17.2. The summed E-state index contributed by atoms with van der Waals surface area (Å²) in [7, 11) is -3.79. The topological polar surface area (TPSA) is 75.3 Å². The van der Waals surface area contributed by atoms with Crippen LogP contribution in [0.3, 0.4) is 0 Å². The Labute approximate surface area is 180 Å². The third-order valence-corrected chi connectivity index (χ3v) is 6.65. The Kier molecular flexibility index (Phi) is 6.30. The summed E-state index contributed by atoms with van der Waals surface area (Å²) < 4.78 is 28.1. The van der Waals surface area contributed by atoms with Crippen LogP contribution in [-0.4, -0.2) is 14.3 Å². The lowest BCUT2D eigenvalue weighted by atomic mass is 10.2. The maximum atomic E-state index is 12.6. The smallest absolute Gasteiger partial charge is 0.261 e. The van der Waals surface area contributed by atoms with Crippen molar-refractivity contribution >= 4 is 66.4 Å². The zero-order valence-corrected chi connectivity index (χ0v) is 18.0. The summed E-state index contributed by atoms with van der Waals surface area (Å²) >= 11 is 15.4. The Bertz CT molecular complexity index is 1140. The molecule has 0 saturated carbocycles. The highest BCUT2D eigenvalue weighted by Gasteiger charge is 2.17. The molecule has 3 aromatic carbocycles. The number of anilines is 2. The van der Waals surface area contributed by atoms with Gasteiger partial charge in [-0.2, -0.15) is 0 Å². The van der Waals surface area contributed by atoms with E-state index in [1.165, 1.54) is 30.3 Å². The van der Waals surface area contributed by atoms with Crippen LogP contribution in [0.25, 0.3) is 0 Å². The van der Waals surface area contributed by atoms with Crippen molar-refractivity contribution in [3.63, 3.8) is 0 Å². The second-order valence-electron chi connectivity index (χ2n) is 5.70. The quantitative estimate of drug-likeness (QED) is 0.465. The van der Waals surface area contributed by atoms with E-state index in [0.717, 1.165) is 0 Å². The number of amides is 1. The minimum atomic E-state index is -3.79. The molecule has 9 heteroatoms. The molecule has 0 aliphatic heterocycles. The van der Waals surface area contributed by atoms with Crippen molar-refractivity contribution in [3.8, 4) is 0 Å². The van der Waals surface area contributed by atoms with Gasteiger partial charge in [0.05, 0.1) is 20.5 Å². The van der Waals surface area contributed by atoms with Crippen molar-refractivity contribution in [1.82, 2.24) is 0 Å². The summed E-state index contributed by atoms with van der Waals surface area (Å²) in [6.07, 6.45) is 0. The number of halogens is 3. The Morgan fingerprint density at radius 2 is 1.54 bits per heavy atom. The molecule has 0 fully saturated rings. The fourth-order valence-electron chi connectivity index (χ4n) is 2.35. The van der Waals surface area contributed by atoms with Gasteiger partial charge < -0.3 is 5.32 Å². The molecule has 3 rings (SSSR count). The zero-order chi connectivity index (χ0) is 20.3. The lowest BCUT2D eigenvalue weighted by molar-refractivity contribution is 0.102. The summed E-state index contributed by atoms with van der Waals surface area (Å²) in [5.74, 6) is -0.496. The lowest BCUT2D eigenvalue weighted by Crippen LogP contribution is -2.15. The monoisotopic (exact) mass is 498 g/mol. The van der Waals surface area contributed by atoms with Crippen molar-refractivity contribution in [2.45, 2.75) is 4.90 Å². The number of carbonyl (C=O) groups is 1. The molecule has 0 aliphatic carbocycles. The first kappa shape index (κ1) is 20.7. The van der Waals surface area contributed by atoms with Crippen molar-refractivity contribution in [3.05, 3.63) is 86.8 Å². The van der Waals surface area contributed by atoms with E-state index < -0.39 is 15.9 Å². The molecule has 3 aromatic rings. The van der Waals surface area contributed by atoms with Crippen LogP contribution >= 0.6 is 39.1 Å². The highest BCUT2D eigenvalue weighted by atomic mass is 79.9. The lowest BCUT2D eigenvalue weighted by Gasteiger charge is -2.11. The van der Waals surface area contributed by atoms with Crippen molar-refractivity contribution in [2.75, 3.05) is 10.0 Å². The van der Waals surface area contributed by atoms with Gasteiger partial charge in [-0.25, -0.2) is 8.42 Å². The van der Waals surface area contributed by atoms with Crippen LogP contribution in [0.2, 0.25) is 10.0 Å². The van der Waals surface area contributed by atoms with Gasteiger partial charge in [-0.3, -0.25) is 9.52 Å². The maximum Gasteiger partial charge on any atom is 0.261 e. The number of hydrogen-bond donors (Lipinski definition) is 2. The van der Waals surface area contributed by atoms with Gasteiger partial charge in [0.2, 0.25) is 0 Å². The average molecular weight is 500 g/mol. The number of rotatable bonds is 5. The minimum Gasteiger partial charge on any atom is -0.322 e. The highest BCUT2D eigenvalue weighted by Crippen LogP contribution is 2.27. The van der Waals surface area contributed by atoms with E-state index in [1.54, 1.807) is 36.4 Å². The first-order valence-corrected chi connectivity index (χ1v) is 10.9. The van der Waals surface area contributed by atoms with Gasteiger partial charge in [-0.15, -0.1) is 0 Å². The van der Waals surface area contributed by atoms with Crippen molar-refractivity contribution in [2.24, 2.45) is 0 Å². The first-order valence-electron chi connectivity index (χ1n) is 7.90. The minimum absolute atomic E-state index is 0.112. The molecule has 0 atom stereocenters. The third kappa shape index (κ3) is 4.86. The summed E-state index contributed by atoms with van der Waals surface area (Å²) in [6.45, 7) is 0. The summed E-state index contributed by atoms with van der Waals surface area (Å²) in [5.41, 5.74) is 0.811. The van der Waals surface area contributed by atoms with Crippen LogP contribution in [-0.2, 0) is 10.0 Å². The van der Waals surface area contributed by atoms with Gasteiger partial charge in [0.15, 0.2) is 0 Å². The molecule has 0 spiro atoms. The van der Waals surface area contributed by atoms with Crippen molar-refractivity contribution < 1.29 is 13.2 Å². The predicted octanol–water partition coefficient (Wildman–Crippen LogP) is 5.81. The molecule has 0 radical (unpaired) electrons. The molecular weight excluding hydrogens is 487 g/mol. The van der Waals surface area contributed by atoms with Gasteiger partial charge in [0, 0.05) is 15.8 Å². The molecule has 0 bridgehead atoms. The van der Waals surface area contributed by atoms with E-state index >= 15 is 0 Å².